The summed E-state index contributed by atoms with van der Waals surface area (Å²) in [5.41, 5.74) is 7.56. The Morgan fingerprint density at radius 3 is 2.94 bits per heavy atom. The number of nitrogens with two attached hydrogens (primary N) is 1. The zero-order valence-corrected chi connectivity index (χ0v) is 10.8. The number of amides is 1. The fourth-order valence-corrected chi connectivity index (χ4v) is 2.40. The molecular formula is C12H12BrN3O. The molecule has 17 heavy (non-hydrogen) atoms. The second-order valence-electron chi connectivity index (χ2n) is 4.11. The summed E-state index contributed by atoms with van der Waals surface area (Å²) in [6.45, 7) is 0.656. The first-order chi connectivity index (χ1) is 8.15. The summed E-state index contributed by atoms with van der Waals surface area (Å²) in [6.07, 6.45) is 0.529. The van der Waals surface area contributed by atoms with Crippen molar-refractivity contribution in [2.24, 2.45) is 5.92 Å². The highest BCUT2D eigenvalue weighted by atomic mass is 79.9. The summed E-state index contributed by atoms with van der Waals surface area (Å²) in [4.78, 5) is 13.5. The van der Waals surface area contributed by atoms with Crippen LogP contribution in [-0.4, -0.2) is 17.8 Å². The smallest absolute Gasteiger partial charge is 0.227 e. The van der Waals surface area contributed by atoms with Crippen LogP contribution in [0.4, 0.5) is 11.4 Å². The van der Waals surface area contributed by atoms with E-state index in [1.54, 1.807) is 23.1 Å². The Morgan fingerprint density at radius 2 is 2.35 bits per heavy atom. The number of halogens is 1. The number of anilines is 2. The van der Waals surface area contributed by atoms with E-state index in [1.807, 2.05) is 0 Å². The molecule has 1 saturated heterocycles. The van der Waals surface area contributed by atoms with E-state index in [1.165, 1.54) is 0 Å². The van der Waals surface area contributed by atoms with Crippen LogP contribution < -0.4 is 10.6 Å². The number of carbonyl (C=O) groups excluding carboxylic acids is 1. The normalized spacial score (nSPS) is 19.4. The molecule has 1 aromatic carbocycles. The van der Waals surface area contributed by atoms with Crippen LogP contribution >= 0.6 is 15.9 Å². The predicted octanol–water partition coefficient (Wildman–Crippen LogP) is 1.89. The van der Waals surface area contributed by atoms with Crippen molar-refractivity contribution in [2.45, 2.75) is 6.42 Å². The Bertz CT molecular complexity index is 495. The number of hydrogen-bond acceptors (Lipinski definition) is 3. The average Bonchev–Trinajstić information content (AvgIpc) is 2.71. The number of benzene rings is 1. The number of carbonyl (C=O) groups is 1. The molecule has 1 heterocycles. The van der Waals surface area contributed by atoms with Crippen molar-refractivity contribution in [1.82, 2.24) is 0 Å². The molecule has 1 unspecified atom stereocenters. The van der Waals surface area contributed by atoms with E-state index in [0.29, 0.717) is 35.8 Å². The predicted molar refractivity (Wildman–Crippen MR) is 69.8 cm³/mol. The number of rotatable bonds is 2. The molecule has 5 heteroatoms. The Labute approximate surface area is 108 Å². The van der Waals surface area contributed by atoms with Gasteiger partial charge in [0.05, 0.1) is 23.0 Å². The van der Waals surface area contributed by atoms with E-state index >= 15 is 0 Å². The highest BCUT2D eigenvalue weighted by molar-refractivity contribution is 9.09. The quantitative estimate of drug-likeness (QED) is 0.669. The fourth-order valence-electron chi connectivity index (χ4n) is 1.96. The molecule has 1 aromatic rings. The Hall–Kier alpha value is -1.54. The average molecular weight is 294 g/mol. The summed E-state index contributed by atoms with van der Waals surface area (Å²) in [6, 6.07) is 7.05. The first-order valence-electron chi connectivity index (χ1n) is 5.31. The van der Waals surface area contributed by atoms with Crippen molar-refractivity contribution in [3.05, 3.63) is 23.8 Å². The van der Waals surface area contributed by atoms with Gasteiger partial charge in [-0.1, -0.05) is 15.9 Å². The molecule has 1 aliphatic rings. The molecule has 0 aromatic heterocycles. The van der Waals surface area contributed by atoms with Gasteiger partial charge in [0.15, 0.2) is 0 Å². The standard InChI is InChI=1S/C12H12BrN3O/c13-5-9-4-12(17)16(7-9)11-3-8(6-14)1-2-10(11)15/h1-3,9H,4-5,7,15H2. The van der Waals surface area contributed by atoms with Crippen molar-refractivity contribution in [2.75, 3.05) is 22.5 Å². The van der Waals surface area contributed by atoms with Gasteiger partial charge < -0.3 is 10.6 Å². The fraction of sp³-hybridized carbons (Fsp3) is 0.333. The zero-order valence-electron chi connectivity index (χ0n) is 9.19. The van der Waals surface area contributed by atoms with Crippen LogP contribution in [0.1, 0.15) is 12.0 Å². The van der Waals surface area contributed by atoms with E-state index in [4.69, 9.17) is 11.0 Å². The summed E-state index contributed by atoms with van der Waals surface area (Å²) >= 11 is 3.39. The van der Waals surface area contributed by atoms with Gasteiger partial charge in [0.25, 0.3) is 0 Å². The van der Waals surface area contributed by atoms with Crippen LogP contribution in [0.25, 0.3) is 0 Å². The maximum Gasteiger partial charge on any atom is 0.227 e. The van der Waals surface area contributed by atoms with Gasteiger partial charge in [-0.05, 0) is 24.1 Å². The van der Waals surface area contributed by atoms with Crippen molar-refractivity contribution in [1.29, 1.82) is 5.26 Å². The molecule has 2 N–H and O–H groups in total. The van der Waals surface area contributed by atoms with Crippen molar-refractivity contribution in [3.8, 4) is 6.07 Å². The number of nitrogen functional groups attached to an aromatic ring is 1. The summed E-state index contributed by atoms with van der Waals surface area (Å²) in [7, 11) is 0. The summed E-state index contributed by atoms with van der Waals surface area (Å²) in [5, 5.41) is 9.66. The van der Waals surface area contributed by atoms with Crippen LogP contribution in [0.5, 0.6) is 0 Å². The molecule has 0 bridgehead atoms. The van der Waals surface area contributed by atoms with Gasteiger partial charge in [-0.15, -0.1) is 0 Å². The molecule has 0 spiro atoms. The summed E-state index contributed by atoms with van der Waals surface area (Å²) < 4.78 is 0. The van der Waals surface area contributed by atoms with E-state index in [9.17, 15) is 4.79 Å². The number of nitrogens with zero attached hydrogens (tertiary/aromatic N) is 2. The molecule has 1 atom stereocenters. The van der Waals surface area contributed by atoms with Crippen LogP contribution in [0.3, 0.4) is 0 Å². The number of alkyl halides is 1. The molecule has 4 nitrogen and oxygen atoms in total. The third-order valence-corrected chi connectivity index (χ3v) is 3.79. The van der Waals surface area contributed by atoms with E-state index < -0.39 is 0 Å². The molecule has 88 valence electrons. The molecule has 0 aliphatic carbocycles. The SMILES string of the molecule is N#Cc1ccc(N)c(N2CC(CBr)CC2=O)c1. The Morgan fingerprint density at radius 1 is 1.59 bits per heavy atom. The summed E-state index contributed by atoms with van der Waals surface area (Å²) in [5.74, 6) is 0.379. The maximum absolute atomic E-state index is 11.9. The minimum atomic E-state index is 0.0660. The van der Waals surface area contributed by atoms with Crippen LogP contribution in [-0.2, 0) is 4.79 Å². The molecule has 2 rings (SSSR count). The molecule has 1 amide bonds. The Kier molecular flexibility index (Phi) is 3.34. The van der Waals surface area contributed by atoms with Crippen LogP contribution in [0.15, 0.2) is 18.2 Å². The highest BCUT2D eigenvalue weighted by Crippen LogP contribution is 2.31. The lowest BCUT2D eigenvalue weighted by Gasteiger charge is -2.18. The van der Waals surface area contributed by atoms with E-state index in [2.05, 4.69) is 22.0 Å². The van der Waals surface area contributed by atoms with Gasteiger partial charge in [0.2, 0.25) is 5.91 Å². The van der Waals surface area contributed by atoms with Gasteiger partial charge in [0.1, 0.15) is 0 Å². The monoisotopic (exact) mass is 293 g/mol. The maximum atomic E-state index is 11.9. The second-order valence-corrected chi connectivity index (χ2v) is 4.76. The van der Waals surface area contributed by atoms with Crippen molar-refractivity contribution >= 4 is 33.2 Å². The van der Waals surface area contributed by atoms with Crippen molar-refractivity contribution < 1.29 is 4.79 Å². The van der Waals surface area contributed by atoms with Gasteiger partial charge in [-0.25, -0.2) is 0 Å². The van der Waals surface area contributed by atoms with Gasteiger partial charge in [-0.3, -0.25) is 4.79 Å². The lowest BCUT2D eigenvalue weighted by molar-refractivity contribution is -0.117. The van der Waals surface area contributed by atoms with Gasteiger partial charge in [0, 0.05) is 18.3 Å². The third kappa shape index (κ3) is 2.27. The van der Waals surface area contributed by atoms with Crippen LogP contribution in [0, 0.1) is 17.2 Å². The molecule has 0 radical (unpaired) electrons. The molecular weight excluding hydrogens is 282 g/mol. The minimum Gasteiger partial charge on any atom is -0.397 e. The lowest BCUT2D eigenvalue weighted by Crippen LogP contribution is -2.25. The van der Waals surface area contributed by atoms with Gasteiger partial charge in [-0.2, -0.15) is 5.26 Å². The lowest BCUT2D eigenvalue weighted by atomic mass is 10.1. The third-order valence-electron chi connectivity index (χ3n) is 2.87. The topological polar surface area (TPSA) is 70.1 Å². The first-order valence-corrected chi connectivity index (χ1v) is 6.43. The van der Waals surface area contributed by atoms with E-state index in [-0.39, 0.29) is 5.91 Å². The highest BCUT2D eigenvalue weighted by Gasteiger charge is 2.30. The zero-order chi connectivity index (χ0) is 12.4. The minimum absolute atomic E-state index is 0.0660. The number of hydrogen-bond donors (Lipinski definition) is 1. The largest absolute Gasteiger partial charge is 0.397 e. The molecule has 0 saturated carbocycles. The number of nitriles is 1. The molecule has 1 aliphatic heterocycles. The van der Waals surface area contributed by atoms with E-state index in [0.717, 1.165) is 5.33 Å². The van der Waals surface area contributed by atoms with Gasteiger partial charge >= 0.3 is 0 Å². The van der Waals surface area contributed by atoms with Crippen molar-refractivity contribution in [3.63, 3.8) is 0 Å². The first kappa shape index (κ1) is 11.9. The second kappa shape index (κ2) is 4.76. The van der Waals surface area contributed by atoms with Crippen LogP contribution in [0.2, 0.25) is 0 Å². The molecule has 1 fully saturated rings. The Balaban J connectivity index is 2.34.